The predicted molar refractivity (Wildman–Crippen MR) is 199 cm³/mol. The highest BCUT2D eigenvalue weighted by atomic mass is 16.3. The predicted octanol–water partition coefficient (Wildman–Crippen LogP) is 10.8. The summed E-state index contributed by atoms with van der Waals surface area (Å²) in [5.74, 6) is -0.520. The second-order valence-electron chi connectivity index (χ2n) is 13.5. The van der Waals surface area contributed by atoms with Crippen LogP contribution >= 0.6 is 0 Å². The maximum Gasteiger partial charge on any atom is 0.249 e. The van der Waals surface area contributed by atoms with Crippen molar-refractivity contribution in [3.05, 3.63) is 36.5 Å². The number of rotatable bonds is 35. The van der Waals surface area contributed by atoms with E-state index in [1.54, 1.807) is 6.08 Å². The van der Waals surface area contributed by atoms with Crippen LogP contribution in [0.3, 0.4) is 0 Å². The molecule has 3 atom stereocenters. The highest BCUT2D eigenvalue weighted by Gasteiger charge is 2.22. The van der Waals surface area contributed by atoms with E-state index >= 15 is 0 Å². The van der Waals surface area contributed by atoms with E-state index in [9.17, 15) is 20.1 Å². The van der Waals surface area contributed by atoms with E-state index in [1.807, 2.05) is 6.08 Å². The number of carbonyl (C=O) groups excluding carboxylic acids is 1. The van der Waals surface area contributed by atoms with Crippen molar-refractivity contribution >= 4 is 5.91 Å². The third kappa shape index (κ3) is 31.2. The molecule has 270 valence electrons. The summed E-state index contributed by atoms with van der Waals surface area (Å²) in [5, 5.41) is 32.9. The van der Waals surface area contributed by atoms with E-state index in [-0.39, 0.29) is 6.61 Å². The molecule has 0 aliphatic carbocycles. The number of hydrogen-bond donors (Lipinski definition) is 4. The second kappa shape index (κ2) is 36.4. The third-order valence-electron chi connectivity index (χ3n) is 8.95. The van der Waals surface area contributed by atoms with Crippen molar-refractivity contribution in [2.45, 2.75) is 212 Å². The first-order valence-electron chi connectivity index (χ1n) is 19.8. The molecule has 0 aromatic carbocycles. The fourth-order valence-corrected chi connectivity index (χ4v) is 5.78. The Hall–Kier alpha value is -1.43. The first-order chi connectivity index (χ1) is 22.6. The van der Waals surface area contributed by atoms with E-state index in [2.05, 4.69) is 43.5 Å². The molecule has 0 aliphatic heterocycles. The lowest BCUT2D eigenvalue weighted by atomic mass is 10.0. The van der Waals surface area contributed by atoms with Crippen LogP contribution in [0.15, 0.2) is 36.5 Å². The number of hydrogen-bond acceptors (Lipinski definition) is 4. The van der Waals surface area contributed by atoms with Crippen LogP contribution in [-0.2, 0) is 4.79 Å². The molecule has 0 saturated heterocycles. The summed E-state index contributed by atoms with van der Waals surface area (Å²) >= 11 is 0. The number of unbranched alkanes of at least 4 members (excludes halogenated alkanes) is 23. The molecule has 46 heavy (non-hydrogen) atoms. The molecule has 0 aromatic heterocycles. The van der Waals surface area contributed by atoms with Gasteiger partial charge in [0.15, 0.2) is 0 Å². The molecule has 0 radical (unpaired) electrons. The van der Waals surface area contributed by atoms with Gasteiger partial charge in [-0.25, -0.2) is 0 Å². The molecule has 0 saturated carbocycles. The monoisotopic (exact) mass is 648 g/mol. The van der Waals surface area contributed by atoms with Gasteiger partial charge in [0.25, 0.3) is 0 Å². The van der Waals surface area contributed by atoms with Gasteiger partial charge in [0.2, 0.25) is 5.91 Å². The minimum Gasteiger partial charge on any atom is -0.394 e. The SMILES string of the molecule is CCCCCCCC/C=C/CC/C=C/C(O)C(CO)NC(=O)C(O)CCCCCCCC/C=C\CCCCCCCCCCCC. The summed E-state index contributed by atoms with van der Waals surface area (Å²) in [4.78, 5) is 12.4. The summed E-state index contributed by atoms with van der Waals surface area (Å²) in [6, 6.07) is -0.814. The molecule has 0 aliphatic rings. The van der Waals surface area contributed by atoms with Crippen LogP contribution in [0.1, 0.15) is 194 Å². The van der Waals surface area contributed by atoms with Crippen molar-refractivity contribution in [1.82, 2.24) is 5.32 Å². The Labute approximate surface area is 285 Å². The van der Waals surface area contributed by atoms with E-state index in [0.717, 1.165) is 38.5 Å². The molecule has 5 nitrogen and oxygen atoms in total. The van der Waals surface area contributed by atoms with E-state index < -0.39 is 24.2 Å². The molecular weight excluding hydrogens is 570 g/mol. The number of allylic oxidation sites excluding steroid dienone is 5. The normalized spacial score (nSPS) is 14.1. The van der Waals surface area contributed by atoms with E-state index in [0.29, 0.717) is 6.42 Å². The lowest BCUT2D eigenvalue weighted by molar-refractivity contribution is -0.131. The summed E-state index contributed by atoms with van der Waals surface area (Å²) < 4.78 is 0. The van der Waals surface area contributed by atoms with Crippen molar-refractivity contribution in [1.29, 1.82) is 0 Å². The molecule has 5 heteroatoms. The summed E-state index contributed by atoms with van der Waals surface area (Å²) in [6.07, 6.45) is 44.5. The maximum absolute atomic E-state index is 12.4. The Morgan fingerprint density at radius 1 is 0.522 bits per heavy atom. The maximum atomic E-state index is 12.4. The fraction of sp³-hybridized carbons (Fsp3) is 0.829. The largest absolute Gasteiger partial charge is 0.394 e. The molecule has 0 fully saturated rings. The molecule has 0 bridgehead atoms. The summed E-state index contributed by atoms with van der Waals surface area (Å²) in [7, 11) is 0. The van der Waals surface area contributed by atoms with Crippen molar-refractivity contribution in [2.24, 2.45) is 0 Å². The Balaban J connectivity index is 3.73. The van der Waals surface area contributed by atoms with E-state index in [4.69, 9.17) is 0 Å². The van der Waals surface area contributed by atoms with Gasteiger partial charge < -0.3 is 20.6 Å². The van der Waals surface area contributed by atoms with Crippen molar-refractivity contribution in [2.75, 3.05) is 6.61 Å². The van der Waals surface area contributed by atoms with Gasteiger partial charge in [0.1, 0.15) is 6.10 Å². The zero-order chi connectivity index (χ0) is 33.8. The number of nitrogens with one attached hydrogen (secondary N) is 1. The van der Waals surface area contributed by atoms with Crippen LogP contribution in [0.2, 0.25) is 0 Å². The molecule has 0 aromatic rings. The number of carbonyl (C=O) groups is 1. The topological polar surface area (TPSA) is 89.8 Å². The van der Waals surface area contributed by atoms with Gasteiger partial charge in [0, 0.05) is 0 Å². The van der Waals surface area contributed by atoms with E-state index in [1.165, 1.54) is 135 Å². The van der Waals surface area contributed by atoms with Crippen LogP contribution in [0.25, 0.3) is 0 Å². The number of aliphatic hydroxyl groups is 3. The van der Waals surface area contributed by atoms with Crippen molar-refractivity contribution in [3.63, 3.8) is 0 Å². The van der Waals surface area contributed by atoms with Crippen LogP contribution < -0.4 is 5.32 Å². The van der Waals surface area contributed by atoms with Gasteiger partial charge in [-0.15, -0.1) is 0 Å². The van der Waals surface area contributed by atoms with Crippen molar-refractivity contribution in [3.8, 4) is 0 Å². The Morgan fingerprint density at radius 3 is 1.33 bits per heavy atom. The lowest BCUT2D eigenvalue weighted by Gasteiger charge is -2.21. The minimum absolute atomic E-state index is 0.378. The summed E-state index contributed by atoms with van der Waals surface area (Å²) in [5.41, 5.74) is 0. The molecule has 0 spiro atoms. The minimum atomic E-state index is -1.11. The van der Waals surface area contributed by atoms with Gasteiger partial charge in [-0.2, -0.15) is 0 Å². The molecule has 3 unspecified atom stereocenters. The average Bonchev–Trinajstić information content (AvgIpc) is 3.06. The standard InChI is InChI=1S/C41H77NO4/c1-3-5-7-9-11-13-15-17-18-19-20-21-22-23-24-26-28-30-32-34-36-40(45)41(46)42-38(37-43)39(44)35-33-31-29-27-25-16-14-12-10-8-6-4-2/h21-22,25,27,33,35,38-40,43-45H,3-20,23-24,26,28-32,34,36-37H2,1-2H3,(H,42,46)/b22-21-,27-25+,35-33+. The number of amides is 1. The molecule has 0 heterocycles. The second-order valence-corrected chi connectivity index (χ2v) is 13.5. The summed E-state index contributed by atoms with van der Waals surface area (Å²) in [6.45, 7) is 4.14. The zero-order valence-corrected chi connectivity index (χ0v) is 30.5. The smallest absolute Gasteiger partial charge is 0.249 e. The van der Waals surface area contributed by atoms with Gasteiger partial charge in [0.05, 0.1) is 18.8 Å². The average molecular weight is 648 g/mol. The molecule has 1 amide bonds. The Bertz CT molecular complexity index is 719. The highest BCUT2D eigenvalue weighted by Crippen LogP contribution is 2.13. The molecular formula is C41H77NO4. The van der Waals surface area contributed by atoms with Gasteiger partial charge in [-0.05, 0) is 57.8 Å². The van der Waals surface area contributed by atoms with Crippen LogP contribution in [-0.4, -0.2) is 46.1 Å². The fourth-order valence-electron chi connectivity index (χ4n) is 5.78. The van der Waals surface area contributed by atoms with Crippen LogP contribution in [0.5, 0.6) is 0 Å². The van der Waals surface area contributed by atoms with Crippen LogP contribution in [0, 0.1) is 0 Å². The highest BCUT2D eigenvalue weighted by molar-refractivity contribution is 5.80. The zero-order valence-electron chi connectivity index (χ0n) is 30.5. The number of aliphatic hydroxyl groups excluding tert-OH is 3. The lowest BCUT2D eigenvalue weighted by Crippen LogP contribution is -2.48. The first kappa shape index (κ1) is 44.6. The first-order valence-corrected chi connectivity index (χ1v) is 19.8. The molecule has 0 rings (SSSR count). The van der Waals surface area contributed by atoms with Crippen molar-refractivity contribution < 1.29 is 20.1 Å². The van der Waals surface area contributed by atoms with Gasteiger partial charge >= 0.3 is 0 Å². The van der Waals surface area contributed by atoms with Gasteiger partial charge in [-0.1, -0.05) is 172 Å². The van der Waals surface area contributed by atoms with Crippen LogP contribution in [0.4, 0.5) is 0 Å². The Morgan fingerprint density at radius 2 is 0.891 bits per heavy atom. The quantitative estimate of drug-likeness (QED) is 0.0407. The Kier molecular flexibility index (Phi) is 35.3. The third-order valence-corrected chi connectivity index (χ3v) is 8.95. The molecule has 4 N–H and O–H groups in total. The van der Waals surface area contributed by atoms with Gasteiger partial charge in [-0.3, -0.25) is 4.79 Å².